The van der Waals surface area contributed by atoms with Crippen LogP contribution in [0.25, 0.3) is 0 Å². The quantitative estimate of drug-likeness (QED) is 0.799. The highest BCUT2D eigenvalue weighted by Crippen LogP contribution is 2.35. The molecule has 0 unspecified atom stereocenters. The Labute approximate surface area is 125 Å². The first-order valence-corrected chi connectivity index (χ1v) is 8.40. The van der Waals surface area contributed by atoms with Gasteiger partial charge in [0.25, 0.3) is 0 Å². The molecule has 1 aromatic carbocycles. The topological polar surface area (TPSA) is 26.0 Å². The molecule has 1 fully saturated rings. The largest absolute Gasteiger partial charge is 0.325 e. The zero-order chi connectivity index (χ0) is 14.6. The van der Waals surface area contributed by atoms with Gasteiger partial charge in [0.1, 0.15) is 0 Å². The summed E-state index contributed by atoms with van der Waals surface area (Å²) in [6.45, 7) is 6.78. The van der Waals surface area contributed by atoms with E-state index in [0.29, 0.717) is 5.92 Å². The molecule has 0 bridgehead atoms. The summed E-state index contributed by atoms with van der Waals surface area (Å²) in [6, 6.07) is 9.10. The second kappa shape index (κ2) is 6.76. The number of hydrogen-bond acceptors (Lipinski definition) is 1. The van der Waals surface area contributed by atoms with Crippen molar-refractivity contribution in [2.24, 2.45) is 11.7 Å². The summed E-state index contributed by atoms with van der Waals surface area (Å²) in [5.74, 6) is 1.54. The van der Waals surface area contributed by atoms with Gasteiger partial charge >= 0.3 is 0 Å². The second-order valence-corrected chi connectivity index (χ2v) is 7.17. The highest BCUT2D eigenvalue weighted by molar-refractivity contribution is 5.26. The molecule has 0 amide bonds. The minimum atomic E-state index is 0.0452. The SMILES string of the molecule is CCCC1CCC(N)(Cc2ccc(C(C)C)cc2)CC1. The van der Waals surface area contributed by atoms with Crippen LogP contribution < -0.4 is 5.73 Å². The predicted octanol–water partition coefficient (Wildman–Crippen LogP) is 5.04. The van der Waals surface area contributed by atoms with Gasteiger partial charge in [0.2, 0.25) is 0 Å². The van der Waals surface area contributed by atoms with Crippen molar-refractivity contribution in [1.82, 2.24) is 0 Å². The lowest BCUT2D eigenvalue weighted by molar-refractivity contribution is 0.223. The minimum Gasteiger partial charge on any atom is -0.325 e. The maximum absolute atomic E-state index is 6.65. The highest BCUT2D eigenvalue weighted by atomic mass is 14.7. The van der Waals surface area contributed by atoms with E-state index in [1.54, 1.807) is 0 Å². The van der Waals surface area contributed by atoms with E-state index >= 15 is 0 Å². The molecule has 20 heavy (non-hydrogen) atoms. The number of rotatable bonds is 5. The van der Waals surface area contributed by atoms with E-state index in [1.165, 1.54) is 49.7 Å². The van der Waals surface area contributed by atoms with E-state index in [0.717, 1.165) is 12.3 Å². The van der Waals surface area contributed by atoms with Crippen molar-refractivity contribution >= 4 is 0 Å². The van der Waals surface area contributed by atoms with Crippen LogP contribution >= 0.6 is 0 Å². The van der Waals surface area contributed by atoms with Crippen LogP contribution in [0.3, 0.4) is 0 Å². The summed E-state index contributed by atoms with van der Waals surface area (Å²) in [6.07, 6.45) is 8.80. The van der Waals surface area contributed by atoms with E-state index in [1.807, 2.05) is 0 Å². The summed E-state index contributed by atoms with van der Waals surface area (Å²) < 4.78 is 0. The van der Waals surface area contributed by atoms with Gasteiger partial charge in [-0.05, 0) is 55.1 Å². The van der Waals surface area contributed by atoms with Gasteiger partial charge in [0, 0.05) is 5.54 Å². The lowest BCUT2D eigenvalue weighted by atomic mass is 9.73. The van der Waals surface area contributed by atoms with Crippen molar-refractivity contribution in [3.63, 3.8) is 0 Å². The van der Waals surface area contributed by atoms with Gasteiger partial charge in [-0.2, -0.15) is 0 Å². The third kappa shape index (κ3) is 4.09. The maximum Gasteiger partial charge on any atom is 0.0195 e. The Kier molecular flexibility index (Phi) is 5.26. The molecule has 1 nitrogen and oxygen atoms in total. The van der Waals surface area contributed by atoms with Crippen LogP contribution in [0, 0.1) is 5.92 Å². The van der Waals surface area contributed by atoms with Gasteiger partial charge in [0.15, 0.2) is 0 Å². The normalized spacial score (nSPS) is 26.9. The fraction of sp³-hybridized carbons (Fsp3) is 0.684. The molecule has 0 aliphatic heterocycles. The molecule has 0 heterocycles. The average Bonchev–Trinajstić information content (AvgIpc) is 2.42. The summed E-state index contributed by atoms with van der Waals surface area (Å²) in [5.41, 5.74) is 9.52. The van der Waals surface area contributed by atoms with Gasteiger partial charge < -0.3 is 5.73 Å². The lowest BCUT2D eigenvalue weighted by Gasteiger charge is -2.37. The van der Waals surface area contributed by atoms with Gasteiger partial charge in [-0.25, -0.2) is 0 Å². The zero-order valence-electron chi connectivity index (χ0n) is 13.5. The van der Waals surface area contributed by atoms with Gasteiger partial charge in [-0.1, -0.05) is 57.9 Å². The van der Waals surface area contributed by atoms with E-state index in [-0.39, 0.29) is 5.54 Å². The Morgan fingerprint density at radius 2 is 1.75 bits per heavy atom. The molecule has 0 saturated heterocycles. The third-order valence-corrected chi connectivity index (χ3v) is 5.00. The van der Waals surface area contributed by atoms with Crippen LogP contribution in [0.4, 0.5) is 0 Å². The molecule has 2 rings (SSSR count). The van der Waals surface area contributed by atoms with Crippen molar-refractivity contribution in [3.8, 4) is 0 Å². The van der Waals surface area contributed by atoms with Crippen molar-refractivity contribution < 1.29 is 0 Å². The molecular formula is C19H31N. The fourth-order valence-electron chi connectivity index (χ4n) is 3.55. The van der Waals surface area contributed by atoms with Crippen LogP contribution in [-0.4, -0.2) is 5.54 Å². The summed E-state index contributed by atoms with van der Waals surface area (Å²) in [7, 11) is 0. The minimum absolute atomic E-state index is 0.0452. The molecule has 1 aliphatic rings. The van der Waals surface area contributed by atoms with Crippen LogP contribution in [-0.2, 0) is 6.42 Å². The molecule has 0 radical (unpaired) electrons. The first kappa shape index (κ1) is 15.6. The summed E-state index contributed by atoms with van der Waals surface area (Å²) in [4.78, 5) is 0. The van der Waals surface area contributed by atoms with Crippen LogP contribution in [0.1, 0.15) is 76.3 Å². The average molecular weight is 273 g/mol. The summed E-state index contributed by atoms with van der Waals surface area (Å²) >= 11 is 0. The maximum atomic E-state index is 6.65. The van der Waals surface area contributed by atoms with E-state index in [2.05, 4.69) is 45.0 Å². The highest BCUT2D eigenvalue weighted by Gasteiger charge is 2.31. The molecule has 1 saturated carbocycles. The third-order valence-electron chi connectivity index (χ3n) is 5.00. The van der Waals surface area contributed by atoms with Crippen molar-refractivity contribution in [2.75, 3.05) is 0 Å². The van der Waals surface area contributed by atoms with Crippen LogP contribution in [0.2, 0.25) is 0 Å². The van der Waals surface area contributed by atoms with E-state index in [9.17, 15) is 0 Å². The second-order valence-electron chi connectivity index (χ2n) is 7.17. The lowest BCUT2D eigenvalue weighted by Crippen LogP contribution is -2.45. The first-order chi connectivity index (χ1) is 9.52. The number of benzene rings is 1. The Bertz CT molecular complexity index is 396. The standard InChI is InChI=1S/C19H31N/c1-4-5-16-10-12-19(20,13-11-16)14-17-6-8-18(9-7-17)15(2)3/h6-9,15-16H,4-5,10-14,20H2,1-3H3. The monoisotopic (exact) mass is 273 g/mol. The smallest absolute Gasteiger partial charge is 0.0195 e. The molecule has 1 aliphatic carbocycles. The van der Waals surface area contributed by atoms with E-state index < -0.39 is 0 Å². The summed E-state index contributed by atoms with van der Waals surface area (Å²) in [5, 5.41) is 0. The molecule has 0 atom stereocenters. The zero-order valence-corrected chi connectivity index (χ0v) is 13.5. The Balaban J connectivity index is 1.92. The van der Waals surface area contributed by atoms with Crippen molar-refractivity contribution in [3.05, 3.63) is 35.4 Å². The molecule has 1 heteroatoms. The van der Waals surface area contributed by atoms with E-state index in [4.69, 9.17) is 5.73 Å². The van der Waals surface area contributed by atoms with Crippen molar-refractivity contribution in [1.29, 1.82) is 0 Å². The van der Waals surface area contributed by atoms with Gasteiger partial charge in [0.05, 0.1) is 0 Å². The Morgan fingerprint density at radius 3 is 2.25 bits per heavy atom. The molecule has 0 spiro atoms. The first-order valence-electron chi connectivity index (χ1n) is 8.40. The Morgan fingerprint density at radius 1 is 1.15 bits per heavy atom. The fourth-order valence-corrected chi connectivity index (χ4v) is 3.55. The van der Waals surface area contributed by atoms with Gasteiger partial charge in [-0.3, -0.25) is 0 Å². The van der Waals surface area contributed by atoms with Crippen molar-refractivity contribution in [2.45, 2.75) is 77.2 Å². The number of hydrogen-bond donors (Lipinski definition) is 1. The van der Waals surface area contributed by atoms with Crippen LogP contribution in [0.15, 0.2) is 24.3 Å². The Hall–Kier alpha value is -0.820. The van der Waals surface area contributed by atoms with Crippen LogP contribution in [0.5, 0.6) is 0 Å². The number of nitrogens with two attached hydrogens (primary N) is 1. The molecule has 1 aromatic rings. The molecule has 2 N–H and O–H groups in total. The molecule has 0 aromatic heterocycles. The predicted molar refractivity (Wildman–Crippen MR) is 88.0 cm³/mol. The molecule has 112 valence electrons. The molecular weight excluding hydrogens is 242 g/mol. The van der Waals surface area contributed by atoms with Gasteiger partial charge in [-0.15, -0.1) is 0 Å².